The van der Waals surface area contributed by atoms with Crippen molar-refractivity contribution in [1.82, 2.24) is 9.97 Å². The zero-order chi connectivity index (χ0) is 9.30. The van der Waals surface area contributed by atoms with E-state index in [1.54, 1.807) is 0 Å². The quantitative estimate of drug-likeness (QED) is 0.693. The number of rotatable bonds is 1. The summed E-state index contributed by atoms with van der Waals surface area (Å²) in [6.45, 7) is 7.71. The van der Waals surface area contributed by atoms with Crippen LogP contribution in [0.5, 0.6) is 5.88 Å². The lowest BCUT2D eigenvalue weighted by atomic mass is 10.1. The average molecular weight is 166 g/mol. The third-order valence-corrected chi connectivity index (χ3v) is 1.86. The van der Waals surface area contributed by atoms with Crippen molar-refractivity contribution >= 4 is 0 Å². The van der Waals surface area contributed by atoms with Crippen LogP contribution in [0.1, 0.15) is 36.8 Å². The van der Waals surface area contributed by atoms with Gasteiger partial charge in [0.1, 0.15) is 5.69 Å². The minimum Gasteiger partial charge on any atom is -0.492 e. The lowest BCUT2D eigenvalue weighted by molar-refractivity contribution is 0.435. The molecule has 1 rings (SSSR count). The molecule has 1 heterocycles. The zero-order valence-corrected chi connectivity index (χ0v) is 7.92. The SMILES string of the molecule is Cc1nc(O)c(C(C)C)nc1C. The molecule has 0 aliphatic carbocycles. The van der Waals surface area contributed by atoms with Crippen molar-refractivity contribution in [3.63, 3.8) is 0 Å². The minimum absolute atomic E-state index is 0.0631. The molecular weight excluding hydrogens is 152 g/mol. The molecule has 1 aromatic rings. The summed E-state index contributed by atoms with van der Waals surface area (Å²) in [6, 6.07) is 0. The Morgan fingerprint density at radius 1 is 1.08 bits per heavy atom. The van der Waals surface area contributed by atoms with E-state index in [0.29, 0.717) is 5.69 Å². The van der Waals surface area contributed by atoms with Gasteiger partial charge in [-0.15, -0.1) is 0 Å². The molecule has 0 saturated heterocycles. The van der Waals surface area contributed by atoms with Crippen LogP contribution in [0.4, 0.5) is 0 Å². The third-order valence-electron chi connectivity index (χ3n) is 1.86. The van der Waals surface area contributed by atoms with E-state index in [4.69, 9.17) is 0 Å². The molecule has 0 spiro atoms. The highest BCUT2D eigenvalue weighted by molar-refractivity contribution is 5.24. The van der Waals surface area contributed by atoms with E-state index in [-0.39, 0.29) is 11.8 Å². The molecular formula is C9H14N2O. The van der Waals surface area contributed by atoms with Crippen molar-refractivity contribution in [3.05, 3.63) is 17.1 Å². The summed E-state index contributed by atoms with van der Waals surface area (Å²) in [7, 11) is 0. The van der Waals surface area contributed by atoms with Crippen LogP contribution in [-0.4, -0.2) is 15.1 Å². The van der Waals surface area contributed by atoms with Gasteiger partial charge in [0.25, 0.3) is 0 Å². The Kier molecular flexibility index (Phi) is 2.31. The van der Waals surface area contributed by atoms with Crippen molar-refractivity contribution in [2.24, 2.45) is 0 Å². The molecule has 0 atom stereocenters. The second-order valence-corrected chi connectivity index (χ2v) is 3.26. The molecule has 12 heavy (non-hydrogen) atoms. The molecule has 0 amide bonds. The molecule has 1 aromatic heterocycles. The standard InChI is InChI=1S/C9H14N2O/c1-5(2)8-9(12)11-7(4)6(3)10-8/h5H,1-4H3,(H,11,12). The fourth-order valence-electron chi connectivity index (χ4n) is 0.996. The van der Waals surface area contributed by atoms with Gasteiger partial charge >= 0.3 is 0 Å². The Labute approximate surface area is 72.5 Å². The number of aromatic nitrogens is 2. The third kappa shape index (κ3) is 1.55. The zero-order valence-electron chi connectivity index (χ0n) is 7.92. The van der Waals surface area contributed by atoms with E-state index in [1.807, 2.05) is 27.7 Å². The summed E-state index contributed by atoms with van der Waals surface area (Å²) in [5, 5.41) is 9.41. The second kappa shape index (κ2) is 3.09. The van der Waals surface area contributed by atoms with Crippen molar-refractivity contribution in [1.29, 1.82) is 0 Å². The molecule has 0 aliphatic heterocycles. The van der Waals surface area contributed by atoms with Crippen LogP contribution in [0.25, 0.3) is 0 Å². The maximum Gasteiger partial charge on any atom is 0.233 e. The maximum absolute atomic E-state index is 9.41. The van der Waals surface area contributed by atoms with Crippen molar-refractivity contribution in [2.45, 2.75) is 33.6 Å². The van der Waals surface area contributed by atoms with E-state index in [0.717, 1.165) is 11.4 Å². The number of hydrogen-bond acceptors (Lipinski definition) is 3. The predicted octanol–water partition coefficient (Wildman–Crippen LogP) is 1.92. The van der Waals surface area contributed by atoms with E-state index in [9.17, 15) is 5.11 Å². The summed E-state index contributed by atoms with van der Waals surface area (Å²) < 4.78 is 0. The van der Waals surface area contributed by atoms with Gasteiger partial charge in [-0.2, -0.15) is 0 Å². The summed E-state index contributed by atoms with van der Waals surface area (Å²) in [6.07, 6.45) is 0. The van der Waals surface area contributed by atoms with Gasteiger partial charge in [0.15, 0.2) is 0 Å². The predicted molar refractivity (Wildman–Crippen MR) is 47.3 cm³/mol. The normalized spacial score (nSPS) is 10.8. The van der Waals surface area contributed by atoms with Gasteiger partial charge in [0.2, 0.25) is 5.88 Å². The number of hydrogen-bond donors (Lipinski definition) is 1. The van der Waals surface area contributed by atoms with Gasteiger partial charge in [0.05, 0.1) is 11.4 Å². The lowest BCUT2D eigenvalue weighted by Gasteiger charge is -2.08. The van der Waals surface area contributed by atoms with Crippen LogP contribution in [0.2, 0.25) is 0 Å². The van der Waals surface area contributed by atoms with Gasteiger partial charge in [0, 0.05) is 5.92 Å². The first-order valence-electron chi connectivity index (χ1n) is 4.06. The summed E-state index contributed by atoms with van der Waals surface area (Å²) in [4.78, 5) is 8.25. The maximum atomic E-state index is 9.41. The second-order valence-electron chi connectivity index (χ2n) is 3.26. The van der Waals surface area contributed by atoms with Crippen LogP contribution >= 0.6 is 0 Å². The van der Waals surface area contributed by atoms with Crippen molar-refractivity contribution in [3.8, 4) is 5.88 Å². The largest absolute Gasteiger partial charge is 0.492 e. The molecule has 0 radical (unpaired) electrons. The molecule has 1 N–H and O–H groups in total. The van der Waals surface area contributed by atoms with Crippen molar-refractivity contribution in [2.75, 3.05) is 0 Å². The number of aromatic hydroxyl groups is 1. The fraction of sp³-hybridized carbons (Fsp3) is 0.556. The highest BCUT2D eigenvalue weighted by atomic mass is 16.3. The van der Waals surface area contributed by atoms with E-state index < -0.39 is 0 Å². The lowest BCUT2D eigenvalue weighted by Crippen LogP contribution is -2.00. The first kappa shape index (κ1) is 8.97. The Morgan fingerprint density at radius 3 is 2.08 bits per heavy atom. The fourth-order valence-corrected chi connectivity index (χ4v) is 0.996. The Bertz CT molecular complexity index is 295. The van der Waals surface area contributed by atoms with Gasteiger partial charge in [-0.1, -0.05) is 13.8 Å². The smallest absolute Gasteiger partial charge is 0.233 e. The van der Waals surface area contributed by atoms with E-state index in [2.05, 4.69) is 9.97 Å². The molecule has 66 valence electrons. The molecule has 3 nitrogen and oxygen atoms in total. The summed E-state index contributed by atoms with van der Waals surface area (Å²) in [5.41, 5.74) is 2.35. The first-order valence-corrected chi connectivity index (χ1v) is 4.06. The van der Waals surface area contributed by atoms with Gasteiger partial charge in [-0.05, 0) is 13.8 Å². The van der Waals surface area contributed by atoms with Gasteiger partial charge < -0.3 is 5.11 Å². The van der Waals surface area contributed by atoms with Crippen molar-refractivity contribution < 1.29 is 5.11 Å². The number of nitrogens with zero attached hydrogens (tertiary/aromatic N) is 2. The summed E-state index contributed by atoms with van der Waals surface area (Å²) >= 11 is 0. The summed E-state index contributed by atoms with van der Waals surface area (Å²) in [5.74, 6) is 0.282. The highest BCUT2D eigenvalue weighted by Gasteiger charge is 2.10. The van der Waals surface area contributed by atoms with Crippen LogP contribution in [0, 0.1) is 13.8 Å². The topological polar surface area (TPSA) is 46.0 Å². The number of aryl methyl sites for hydroxylation is 2. The first-order chi connectivity index (χ1) is 5.52. The van der Waals surface area contributed by atoms with Gasteiger partial charge in [-0.25, -0.2) is 4.98 Å². The van der Waals surface area contributed by atoms with Gasteiger partial charge in [-0.3, -0.25) is 4.98 Å². The van der Waals surface area contributed by atoms with Crippen LogP contribution in [-0.2, 0) is 0 Å². The van der Waals surface area contributed by atoms with Crippen LogP contribution in [0.15, 0.2) is 0 Å². The minimum atomic E-state index is 0.0631. The molecule has 0 bridgehead atoms. The highest BCUT2D eigenvalue weighted by Crippen LogP contribution is 2.21. The molecule has 0 aromatic carbocycles. The monoisotopic (exact) mass is 166 g/mol. The van der Waals surface area contributed by atoms with Crippen LogP contribution < -0.4 is 0 Å². The Balaban J connectivity index is 3.23. The molecule has 0 saturated carbocycles. The van der Waals surface area contributed by atoms with E-state index in [1.165, 1.54) is 0 Å². The van der Waals surface area contributed by atoms with Crippen LogP contribution in [0.3, 0.4) is 0 Å². The molecule has 0 fully saturated rings. The molecule has 0 unspecified atom stereocenters. The molecule has 3 heteroatoms. The van der Waals surface area contributed by atoms with E-state index >= 15 is 0 Å². The Hall–Kier alpha value is -1.12. The Morgan fingerprint density at radius 2 is 1.58 bits per heavy atom. The average Bonchev–Trinajstić information content (AvgIpc) is 1.96. The molecule has 0 aliphatic rings.